The van der Waals surface area contributed by atoms with Gasteiger partial charge in [0.25, 0.3) is 0 Å². The van der Waals surface area contributed by atoms with Crippen LogP contribution >= 0.6 is 0 Å². The van der Waals surface area contributed by atoms with Gasteiger partial charge >= 0.3 is 0 Å². The Morgan fingerprint density at radius 2 is 1.96 bits per heavy atom. The number of aromatic nitrogens is 3. The molecule has 0 saturated heterocycles. The van der Waals surface area contributed by atoms with E-state index in [0.29, 0.717) is 17.9 Å². The molecule has 0 atom stereocenters. The van der Waals surface area contributed by atoms with Gasteiger partial charge in [0.1, 0.15) is 17.3 Å². The summed E-state index contributed by atoms with van der Waals surface area (Å²) >= 11 is 0. The third-order valence-corrected chi connectivity index (χ3v) is 4.92. The smallest absolute Gasteiger partial charge is 0.128 e. The van der Waals surface area contributed by atoms with Crippen molar-refractivity contribution in [2.45, 2.75) is 39.2 Å². The fraction of sp³-hybridized carbons (Fsp3) is 0.300. The molecule has 25 heavy (non-hydrogen) atoms. The second-order valence-electron chi connectivity index (χ2n) is 6.47. The highest BCUT2D eigenvalue weighted by Crippen LogP contribution is 2.32. The van der Waals surface area contributed by atoms with Gasteiger partial charge in [-0.3, -0.25) is 4.68 Å². The normalized spacial score (nSPS) is 13.2. The van der Waals surface area contributed by atoms with Crippen LogP contribution < -0.4 is 5.73 Å². The molecule has 128 valence electrons. The molecule has 4 nitrogen and oxygen atoms in total. The molecule has 2 heterocycles. The molecule has 5 heteroatoms. The number of nitrogens with two attached hydrogens (primary N) is 1. The Labute approximate surface area is 146 Å². The second kappa shape index (κ2) is 6.31. The van der Waals surface area contributed by atoms with Crippen molar-refractivity contribution in [3.63, 3.8) is 0 Å². The SMILES string of the molecule is CCc1ccc(-c2nn(Cc3ccccc3F)c3c2CCC3)nc1N. The molecule has 1 aliphatic carbocycles. The lowest BCUT2D eigenvalue weighted by Gasteiger charge is -2.07. The molecule has 2 aromatic heterocycles. The van der Waals surface area contributed by atoms with Gasteiger partial charge in [0.05, 0.1) is 12.2 Å². The van der Waals surface area contributed by atoms with E-state index in [1.165, 1.54) is 17.3 Å². The summed E-state index contributed by atoms with van der Waals surface area (Å²) in [6.07, 6.45) is 3.91. The third-order valence-electron chi connectivity index (χ3n) is 4.92. The van der Waals surface area contributed by atoms with Crippen LogP contribution in [0.4, 0.5) is 10.2 Å². The molecule has 2 N–H and O–H groups in total. The first kappa shape index (κ1) is 15.8. The highest BCUT2D eigenvalue weighted by atomic mass is 19.1. The van der Waals surface area contributed by atoms with Crippen molar-refractivity contribution in [1.82, 2.24) is 14.8 Å². The Morgan fingerprint density at radius 1 is 1.12 bits per heavy atom. The molecule has 0 unspecified atom stereocenters. The number of pyridine rings is 1. The summed E-state index contributed by atoms with van der Waals surface area (Å²) in [5.74, 6) is 0.372. The van der Waals surface area contributed by atoms with Gasteiger partial charge in [-0.25, -0.2) is 9.37 Å². The van der Waals surface area contributed by atoms with Gasteiger partial charge in [0.2, 0.25) is 0 Å². The van der Waals surface area contributed by atoms with Crippen molar-refractivity contribution in [2.24, 2.45) is 0 Å². The van der Waals surface area contributed by atoms with Gasteiger partial charge in [-0.15, -0.1) is 0 Å². The number of benzene rings is 1. The zero-order valence-electron chi connectivity index (χ0n) is 14.3. The molecule has 0 amide bonds. The van der Waals surface area contributed by atoms with E-state index in [1.807, 2.05) is 28.9 Å². The van der Waals surface area contributed by atoms with Gasteiger partial charge < -0.3 is 5.73 Å². The molecular formula is C20H21FN4. The van der Waals surface area contributed by atoms with Crippen LogP contribution in [0.1, 0.15) is 35.7 Å². The van der Waals surface area contributed by atoms with Gasteiger partial charge in [-0.1, -0.05) is 31.2 Å². The van der Waals surface area contributed by atoms with E-state index in [0.717, 1.165) is 42.6 Å². The predicted molar refractivity (Wildman–Crippen MR) is 96.8 cm³/mol. The number of aryl methyl sites for hydroxylation is 1. The van der Waals surface area contributed by atoms with Crippen LogP contribution in [0.15, 0.2) is 36.4 Å². The first-order valence-corrected chi connectivity index (χ1v) is 8.75. The predicted octanol–water partition coefficient (Wildman–Crippen LogP) is 3.77. The van der Waals surface area contributed by atoms with E-state index < -0.39 is 0 Å². The highest BCUT2D eigenvalue weighted by Gasteiger charge is 2.24. The molecule has 1 aliphatic rings. The second-order valence-corrected chi connectivity index (χ2v) is 6.47. The van der Waals surface area contributed by atoms with E-state index in [4.69, 9.17) is 10.8 Å². The van der Waals surface area contributed by atoms with E-state index >= 15 is 0 Å². The Bertz CT molecular complexity index is 929. The molecule has 0 saturated carbocycles. The van der Waals surface area contributed by atoms with Crippen LogP contribution in [-0.4, -0.2) is 14.8 Å². The summed E-state index contributed by atoms with van der Waals surface area (Å²) in [6, 6.07) is 10.9. The first-order chi connectivity index (χ1) is 12.2. The van der Waals surface area contributed by atoms with Crippen LogP contribution in [0.3, 0.4) is 0 Å². The highest BCUT2D eigenvalue weighted by molar-refractivity contribution is 5.64. The lowest BCUT2D eigenvalue weighted by molar-refractivity contribution is 0.576. The number of hydrogen-bond donors (Lipinski definition) is 1. The van der Waals surface area contributed by atoms with E-state index in [1.54, 1.807) is 6.07 Å². The van der Waals surface area contributed by atoms with Crippen LogP contribution in [0, 0.1) is 5.82 Å². The summed E-state index contributed by atoms with van der Waals surface area (Å²) in [5, 5.41) is 4.77. The first-order valence-electron chi connectivity index (χ1n) is 8.75. The number of nitrogen functional groups attached to an aromatic ring is 1. The quantitative estimate of drug-likeness (QED) is 0.789. The maximum atomic E-state index is 14.0. The van der Waals surface area contributed by atoms with Crippen LogP contribution in [-0.2, 0) is 25.8 Å². The Hall–Kier alpha value is -2.69. The van der Waals surface area contributed by atoms with E-state index in [9.17, 15) is 4.39 Å². The summed E-state index contributed by atoms with van der Waals surface area (Å²) in [5.41, 5.74) is 11.9. The van der Waals surface area contributed by atoms with Gasteiger partial charge in [-0.2, -0.15) is 5.10 Å². The number of hydrogen-bond acceptors (Lipinski definition) is 3. The van der Waals surface area contributed by atoms with Crippen LogP contribution in [0.2, 0.25) is 0 Å². The summed E-state index contributed by atoms with van der Waals surface area (Å²) in [4.78, 5) is 4.56. The topological polar surface area (TPSA) is 56.7 Å². The average Bonchev–Trinajstić information content (AvgIpc) is 3.20. The zero-order valence-corrected chi connectivity index (χ0v) is 14.3. The average molecular weight is 336 g/mol. The van der Waals surface area contributed by atoms with Gasteiger partial charge in [-0.05, 0) is 43.4 Å². The van der Waals surface area contributed by atoms with Crippen molar-refractivity contribution in [3.8, 4) is 11.4 Å². The summed E-state index contributed by atoms with van der Waals surface area (Å²) < 4.78 is 16.0. The summed E-state index contributed by atoms with van der Waals surface area (Å²) in [6.45, 7) is 2.51. The Balaban J connectivity index is 1.76. The standard InChI is InChI=1S/C20H21FN4/c1-2-13-10-11-17(23-20(13)22)19-15-7-5-9-18(15)25(24-19)12-14-6-3-4-8-16(14)21/h3-4,6,8,10-11H,2,5,7,9,12H2,1H3,(H2,22,23). The largest absolute Gasteiger partial charge is 0.383 e. The number of fused-ring (bicyclic) bond motifs is 1. The summed E-state index contributed by atoms with van der Waals surface area (Å²) in [7, 11) is 0. The number of halogens is 1. The van der Waals surface area contributed by atoms with Crippen molar-refractivity contribution >= 4 is 5.82 Å². The van der Waals surface area contributed by atoms with Crippen molar-refractivity contribution in [3.05, 3.63) is 64.6 Å². The zero-order chi connectivity index (χ0) is 17.4. The van der Waals surface area contributed by atoms with E-state index in [-0.39, 0.29) is 5.82 Å². The minimum absolute atomic E-state index is 0.194. The van der Waals surface area contributed by atoms with E-state index in [2.05, 4.69) is 11.9 Å². The third kappa shape index (κ3) is 2.80. The van der Waals surface area contributed by atoms with Crippen molar-refractivity contribution in [1.29, 1.82) is 0 Å². The number of nitrogens with zero attached hydrogens (tertiary/aromatic N) is 3. The minimum atomic E-state index is -0.194. The molecule has 0 aliphatic heterocycles. The Morgan fingerprint density at radius 3 is 2.72 bits per heavy atom. The molecule has 0 radical (unpaired) electrons. The van der Waals surface area contributed by atoms with Crippen LogP contribution in [0.25, 0.3) is 11.4 Å². The van der Waals surface area contributed by atoms with Crippen molar-refractivity contribution in [2.75, 3.05) is 5.73 Å². The maximum Gasteiger partial charge on any atom is 0.128 e. The van der Waals surface area contributed by atoms with Gasteiger partial charge in [0.15, 0.2) is 0 Å². The fourth-order valence-electron chi connectivity index (χ4n) is 3.57. The maximum absolute atomic E-state index is 14.0. The minimum Gasteiger partial charge on any atom is -0.383 e. The molecule has 0 bridgehead atoms. The van der Waals surface area contributed by atoms with Gasteiger partial charge in [0, 0.05) is 16.8 Å². The molecule has 0 fully saturated rings. The fourth-order valence-corrected chi connectivity index (χ4v) is 3.57. The van der Waals surface area contributed by atoms with Crippen LogP contribution in [0.5, 0.6) is 0 Å². The molecule has 0 spiro atoms. The van der Waals surface area contributed by atoms with Crippen molar-refractivity contribution < 1.29 is 4.39 Å². The molecule has 1 aromatic carbocycles. The molecular weight excluding hydrogens is 315 g/mol. The lowest BCUT2D eigenvalue weighted by Crippen LogP contribution is -2.07. The number of anilines is 1. The monoisotopic (exact) mass is 336 g/mol. The molecule has 3 aromatic rings. The number of rotatable bonds is 4. The lowest BCUT2D eigenvalue weighted by atomic mass is 10.1. The molecule has 4 rings (SSSR count). The Kier molecular flexibility index (Phi) is 3.99.